The molecule has 1 unspecified atom stereocenters. The van der Waals surface area contributed by atoms with Crippen molar-refractivity contribution in [3.8, 4) is 17.0 Å². The van der Waals surface area contributed by atoms with Gasteiger partial charge in [0.2, 0.25) is 5.91 Å². The molecule has 2 aliphatic rings. The van der Waals surface area contributed by atoms with Gasteiger partial charge < -0.3 is 14.4 Å². The molecule has 2 aromatic rings. The van der Waals surface area contributed by atoms with Crippen molar-refractivity contribution in [3.63, 3.8) is 0 Å². The average Bonchev–Trinajstić information content (AvgIpc) is 2.80. The van der Waals surface area contributed by atoms with E-state index < -0.39 is 0 Å². The lowest BCUT2D eigenvalue weighted by Crippen LogP contribution is -2.47. The fraction of sp³-hybridized carbons (Fsp3) is 0.478. The number of hydrogen-bond acceptors (Lipinski definition) is 5. The minimum absolute atomic E-state index is 0.220. The summed E-state index contributed by atoms with van der Waals surface area (Å²) < 4.78 is 10.9. The molecule has 0 radical (unpaired) electrons. The molecule has 2 fully saturated rings. The standard InChI is InChI=1S/C23H29N3O3/c1-28-22-10-3-2-7-19(22)21-9-4-8-20(24-21)18-6-5-11-26(16-18)23(27)17-25-12-14-29-15-13-25/h2-4,7-10,18H,5-6,11-17H2,1H3. The Morgan fingerprint density at radius 1 is 1.14 bits per heavy atom. The van der Waals surface area contributed by atoms with Crippen molar-refractivity contribution in [2.45, 2.75) is 18.8 Å². The number of amides is 1. The van der Waals surface area contributed by atoms with Crippen molar-refractivity contribution >= 4 is 5.91 Å². The number of piperidine rings is 1. The van der Waals surface area contributed by atoms with E-state index in [4.69, 9.17) is 14.5 Å². The topological polar surface area (TPSA) is 54.9 Å². The zero-order valence-electron chi connectivity index (χ0n) is 17.0. The highest BCUT2D eigenvalue weighted by atomic mass is 16.5. The molecule has 154 valence electrons. The number of aromatic nitrogens is 1. The van der Waals surface area contributed by atoms with Crippen molar-refractivity contribution in [1.82, 2.24) is 14.8 Å². The number of likely N-dealkylation sites (tertiary alicyclic amines) is 1. The molecule has 4 rings (SSSR count). The normalized spacial score (nSPS) is 20.4. The van der Waals surface area contributed by atoms with E-state index in [1.54, 1.807) is 7.11 Å². The summed E-state index contributed by atoms with van der Waals surface area (Å²) >= 11 is 0. The lowest BCUT2D eigenvalue weighted by molar-refractivity contribution is -0.134. The van der Waals surface area contributed by atoms with Gasteiger partial charge in [-0.05, 0) is 37.1 Å². The molecule has 0 aliphatic carbocycles. The molecule has 0 spiro atoms. The van der Waals surface area contributed by atoms with Crippen LogP contribution in [-0.2, 0) is 9.53 Å². The SMILES string of the molecule is COc1ccccc1-c1cccc(C2CCCN(C(=O)CN3CCOCC3)C2)n1. The maximum Gasteiger partial charge on any atom is 0.236 e. The average molecular weight is 396 g/mol. The predicted molar refractivity (Wildman–Crippen MR) is 112 cm³/mol. The predicted octanol–water partition coefficient (Wildman–Crippen LogP) is 2.80. The molecule has 3 heterocycles. The number of ether oxygens (including phenoxy) is 2. The number of carbonyl (C=O) groups excluding carboxylic acids is 1. The first kappa shape index (κ1) is 19.9. The number of para-hydroxylation sites is 1. The van der Waals surface area contributed by atoms with Crippen LogP contribution in [0.1, 0.15) is 24.5 Å². The minimum atomic E-state index is 0.220. The summed E-state index contributed by atoms with van der Waals surface area (Å²) in [7, 11) is 1.68. The number of nitrogens with zero attached hydrogens (tertiary/aromatic N) is 3. The lowest BCUT2D eigenvalue weighted by atomic mass is 9.93. The van der Waals surface area contributed by atoms with Crippen molar-refractivity contribution in [2.24, 2.45) is 0 Å². The summed E-state index contributed by atoms with van der Waals surface area (Å²) in [5.41, 5.74) is 2.96. The zero-order valence-corrected chi connectivity index (χ0v) is 17.0. The maximum absolute atomic E-state index is 12.8. The van der Waals surface area contributed by atoms with Crippen LogP contribution in [0.15, 0.2) is 42.5 Å². The first-order valence-corrected chi connectivity index (χ1v) is 10.4. The quantitative estimate of drug-likeness (QED) is 0.779. The first-order chi connectivity index (χ1) is 14.2. The van der Waals surface area contributed by atoms with Crippen LogP contribution in [0, 0.1) is 0 Å². The van der Waals surface area contributed by atoms with E-state index in [0.29, 0.717) is 6.54 Å². The molecule has 1 aromatic carbocycles. The van der Waals surface area contributed by atoms with E-state index >= 15 is 0 Å². The first-order valence-electron chi connectivity index (χ1n) is 10.4. The zero-order chi connectivity index (χ0) is 20.1. The smallest absolute Gasteiger partial charge is 0.236 e. The Balaban J connectivity index is 1.46. The monoisotopic (exact) mass is 395 g/mol. The van der Waals surface area contributed by atoms with Crippen molar-refractivity contribution in [3.05, 3.63) is 48.2 Å². The van der Waals surface area contributed by atoms with Crippen LogP contribution in [0.2, 0.25) is 0 Å². The van der Waals surface area contributed by atoms with E-state index in [9.17, 15) is 4.79 Å². The van der Waals surface area contributed by atoms with Gasteiger partial charge in [0.25, 0.3) is 0 Å². The molecular formula is C23H29N3O3. The summed E-state index contributed by atoms with van der Waals surface area (Å²) in [5, 5.41) is 0. The molecule has 6 nitrogen and oxygen atoms in total. The van der Waals surface area contributed by atoms with E-state index in [2.05, 4.69) is 17.0 Å². The Hall–Kier alpha value is -2.44. The molecule has 0 bridgehead atoms. The number of morpholine rings is 1. The van der Waals surface area contributed by atoms with Gasteiger partial charge >= 0.3 is 0 Å². The van der Waals surface area contributed by atoms with Gasteiger partial charge in [-0.25, -0.2) is 0 Å². The Labute approximate surface area is 172 Å². The summed E-state index contributed by atoms with van der Waals surface area (Å²) in [4.78, 5) is 22.0. The van der Waals surface area contributed by atoms with Gasteiger partial charge in [0.05, 0.1) is 32.6 Å². The summed E-state index contributed by atoms with van der Waals surface area (Å²) in [6, 6.07) is 14.1. The maximum atomic E-state index is 12.8. The third-order valence-electron chi connectivity index (χ3n) is 5.81. The highest BCUT2D eigenvalue weighted by Crippen LogP contribution is 2.31. The molecule has 1 amide bonds. The van der Waals surface area contributed by atoms with Crippen LogP contribution in [-0.4, -0.2) is 73.7 Å². The third kappa shape index (κ3) is 4.77. The van der Waals surface area contributed by atoms with Crippen LogP contribution < -0.4 is 4.74 Å². The second kappa shape index (κ2) is 9.37. The Kier molecular flexibility index (Phi) is 6.42. The van der Waals surface area contributed by atoms with Gasteiger partial charge in [0, 0.05) is 43.4 Å². The molecule has 29 heavy (non-hydrogen) atoms. The van der Waals surface area contributed by atoms with Crippen LogP contribution in [0.5, 0.6) is 5.75 Å². The fourth-order valence-corrected chi connectivity index (χ4v) is 4.18. The van der Waals surface area contributed by atoms with E-state index in [-0.39, 0.29) is 11.8 Å². The Morgan fingerprint density at radius 3 is 2.79 bits per heavy atom. The van der Waals surface area contributed by atoms with Crippen LogP contribution >= 0.6 is 0 Å². The Bertz CT molecular complexity index is 836. The van der Waals surface area contributed by atoms with Gasteiger partial charge in [-0.3, -0.25) is 14.7 Å². The summed E-state index contributed by atoms with van der Waals surface area (Å²) in [6.07, 6.45) is 2.07. The summed E-state index contributed by atoms with van der Waals surface area (Å²) in [6.45, 7) is 5.18. The molecule has 0 N–H and O–H groups in total. The van der Waals surface area contributed by atoms with E-state index in [1.807, 2.05) is 35.2 Å². The number of hydrogen-bond donors (Lipinski definition) is 0. The van der Waals surface area contributed by atoms with Crippen molar-refractivity contribution < 1.29 is 14.3 Å². The van der Waals surface area contributed by atoms with E-state index in [1.165, 1.54) is 0 Å². The fourth-order valence-electron chi connectivity index (χ4n) is 4.18. The van der Waals surface area contributed by atoms with Gasteiger partial charge in [-0.15, -0.1) is 0 Å². The van der Waals surface area contributed by atoms with Crippen LogP contribution in [0.25, 0.3) is 11.3 Å². The molecular weight excluding hydrogens is 366 g/mol. The number of pyridine rings is 1. The molecule has 0 saturated carbocycles. The summed E-state index contributed by atoms with van der Waals surface area (Å²) in [5.74, 6) is 1.31. The van der Waals surface area contributed by atoms with Crippen LogP contribution in [0.4, 0.5) is 0 Å². The molecule has 2 saturated heterocycles. The second-order valence-corrected chi connectivity index (χ2v) is 7.72. The van der Waals surface area contributed by atoms with Gasteiger partial charge in [-0.2, -0.15) is 0 Å². The largest absolute Gasteiger partial charge is 0.496 e. The molecule has 6 heteroatoms. The van der Waals surface area contributed by atoms with Crippen molar-refractivity contribution in [1.29, 1.82) is 0 Å². The third-order valence-corrected chi connectivity index (χ3v) is 5.81. The minimum Gasteiger partial charge on any atom is -0.496 e. The van der Waals surface area contributed by atoms with Crippen LogP contribution in [0.3, 0.4) is 0 Å². The van der Waals surface area contributed by atoms with Gasteiger partial charge in [0.1, 0.15) is 5.75 Å². The number of methoxy groups -OCH3 is 1. The van der Waals surface area contributed by atoms with Gasteiger partial charge in [0.15, 0.2) is 0 Å². The van der Waals surface area contributed by atoms with Crippen molar-refractivity contribution in [2.75, 3.05) is 53.0 Å². The molecule has 1 aromatic heterocycles. The number of carbonyl (C=O) groups is 1. The number of benzene rings is 1. The number of rotatable bonds is 5. The highest BCUT2D eigenvalue weighted by Gasteiger charge is 2.27. The lowest BCUT2D eigenvalue weighted by Gasteiger charge is -2.35. The molecule has 2 aliphatic heterocycles. The van der Waals surface area contributed by atoms with E-state index in [0.717, 1.165) is 74.9 Å². The van der Waals surface area contributed by atoms with Gasteiger partial charge in [-0.1, -0.05) is 18.2 Å². The second-order valence-electron chi connectivity index (χ2n) is 7.72. The Morgan fingerprint density at radius 2 is 1.97 bits per heavy atom. The highest BCUT2D eigenvalue weighted by molar-refractivity contribution is 5.78. The molecule has 1 atom stereocenters.